The monoisotopic (exact) mass is 243 g/mol. The highest BCUT2D eigenvalue weighted by atomic mass is 32.2. The summed E-state index contributed by atoms with van der Waals surface area (Å²) in [6.07, 6.45) is 3.16. The highest BCUT2D eigenvalue weighted by Crippen LogP contribution is 2.29. The Bertz CT molecular complexity index is 511. The molecule has 0 radical (unpaired) electrons. The lowest BCUT2D eigenvalue weighted by atomic mass is 9.87. The molecule has 1 aliphatic carbocycles. The number of aromatic nitrogens is 1. The minimum atomic E-state index is 0.344. The first-order chi connectivity index (χ1) is 8.24. The van der Waals surface area contributed by atoms with Crippen molar-refractivity contribution in [1.82, 2.24) is 4.98 Å². The van der Waals surface area contributed by atoms with Gasteiger partial charge in [-0.15, -0.1) is 0 Å². The van der Waals surface area contributed by atoms with Gasteiger partial charge in [0, 0.05) is 5.69 Å². The summed E-state index contributed by atoms with van der Waals surface area (Å²) >= 11 is 1.35. The SMILES string of the molecule is C[C@@H]1CCc2nc(SCC#N)c(C#N)cc2C1. The van der Waals surface area contributed by atoms with E-state index in [2.05, 4.69) is 24.0 Å². The molecular weight excluding hydrogens is 230 g/mol. The van der Waals surface area contributed by atoms with Crippen LogP contribution in [-0.2, 0) is 12.8 Å². The number of rotatable bonds is 2. The molecule has 1 aromatic heterocycles. The van der Waals surface area contributed by atoms with E-state index in [1.807, 2.05) is 6.07 Å². The van der Waals surface area contributed by atoms with Crippen LogP contribution in [0, 0.1) is 28.6 Å². The first-order valence-electron chi connectivity index (χ1n) is 5.67. The summed E-state index contributed by atoms with van der Waals surface area (Å²) in [5.41, 5.74) is 2.93. The van der Waals surface area contributed by atoms with Gasteiger partial charge in [-0.3, -0.25) is 0 Å². The number of fused-ring (bicyclic) bond motifs is 1. The Morgan fingerprint density at radius 3 is 3.06 bits per heavy atom. The molecule has 0 fully saturated rings. The van der Waals surface area contributed by atoms with E-state index in [0.717, 1.165) is 25.0 Å². The van der Waals surface area contributed by atoms with Crippen LogP contribution in [0.4, 0.5) is 0 Å². The standard InChI is InChI=1S/C13H13N3S/c1-9-2-3-12-10(6-9)7-11(8-15)13(16-12)17-5-4-14/h7,9H,2-3,5-6H2,1H3/t9-/m1/s1. The highest BCUT2D eigenvalue weighted by molar-refractivity contribution is 7.99. The number of hydrogen-bond acceptors (Lipinski definition) is 4. The minimum Gasteiger partial charge on any atom is -0.245 e. The third-order valence-electron chi connectivity index (χ3n) is 2.99. The van der Waals surface area contributed by atoms with Gasteiger partial charge >= 0.3 is 0 Å². The molecule has 1 aromatic rings. The maximum Gasteiger partial charge on any atom is 0.115 e. The van der Waals surface area contributed by atoms with Crippen LogP contribution in [0.1, 0.15) is 30.2 Å². The summed E-state index contributed by atoms with van der Waals surface area (Å²) in [6.45, 7) is 2.23. The predicted molar refractivity (Wildman–Crippen MR) is 66.5 cm³/mol. The lowest BCUT2D eigenvalue weighted by Crippen LogP contribution is -2.14. The van der Waals surface area contributed by atoms with Gasteiger partial charge in [0.05, 0.1) is 17.4 Å². The van der Waals surface area contributed by atoms with Crippen LogP contribution in [-0.4, -0.2) is 10.7 Å². The molecule has 1 heterocycles. The highest BCUT2D eigenvalue weighted by Gasteiger charge is 2.19. The molecule has 0 aliphatic heterocycles. The number of pyridine rings is 1. The number of hydrogen-bond donors (Lipinski definition) is 0. The first-order valence-corrected chi connectivity index (χ1v) is 6.65. The van der Waals surface area contributed by atoms with Crippen LogP contribution in [0.5, 0.6) is 0 Å². The first kappa shape index (κ1) is 12.0. The average Bonchev–Trinajstić information content (AvgIpc) is 2.35. The molecular formula is C13H13N3S. The average molecular weight is 243 g/mol. The second kappa shape index (κ2) is 5.21. The molecule has 2 rings (SSSR count). The predicted octanol–water partition coefficient (Wildman–Crippen LogP) is 2.69. The van der Waals surface area contributed by atoms with Crippen LogP contribution >= 0.6 is 11.8 Å². The van der Waals surface area contributed by atoms with Crippen LogP contribution in [0.15, 0.2) is 11.1 Å². The van der Waals surface area contributed by atoms with Crippen LogP contribution < -0.4 is 0 Å². The van der Waals surface area contributed by atoms with E-state index >= 15 is 0 Å². The molecule has 1 aliphatic rings. The van der Waals surface area contributed by atoms with Crippen molar-refractivity contribution < 1.29 is 0 Å². The Labute approximate surface area is 105 Å². The van der Waals surface area contributed by atoms with Crippen molar-refractivity contribution in [3.8, 4) is 12.1 Å². The van der Waals surface area contributed by atoms with Crippen molar-refractivity contribution in [2.45, 2.75) is 31.2 Å². The topological polar surface area (TPSA) is 60.5 Å². The molecule has 0 saturated carbocycles. The van der Waals surface area contributed by atoms with Gasteiger partial charge in [0.25, 0.3) is 0 Å². The summed E-state index contributed by atoms with van der Waals surface area (Å²) in [7, 11) is 0. The Hall–Kier alpha value is -1.52. The normalized spacial score (nSPS) is 17.9. The Morgan fingerprint density at radius 2 is 2.35 bits per heavy atom. The summed E-state index contributed by atoms with van der Waals surface area (Å²) in [5, 5.41) is 18.4. The zero-order chi connectivity index (χ0) is 12.3. The van der Waals surface area contributed by atoms with E-state index in [4.69, 9.17) is 10.5 Å². The number of aryl methyl sites for hydroxylation is 1. The van der Waals surface area contributed by atoms with E-state index in [9.17, 15) is 0 Å². The zero-order valence-corrected chi connectivity index (χ0v) is 10.5. The van der Waals surface area contributed by atoms with Gasteiger partial charge in [-0.2, -0.15) is 10.5 Å². The molecule has 0 amide bonds. The van der Waals surface area contributed by atoms with Crippen molar-refractivity contribution >= 4 is 11.8 Å². The number of thioether (sulfide) groups is 1. The van der Waals surface area contributed by atoms with Gasteiger partial charge in [0.1, 0.15) is 11.1 Å². The third kappa shape index (κ3) is 2.60. The quantitative estimate of drug-likeness (QED) is 0.749. The second-order valence-corrected chi connectivity index (χ2v) is 5.32. The molecule has 0 spiro atoms. The summed E-state index contributed by atoms with van der Waals surface area (Å²) in [4.78, 5) is 4.55. The Kier molecular flexibility index (Phi) is 3.66. The second-order valence-electron chi connectivity index (χ2n) is 4.35. The molecule has 3 nitrogen and oxygen atoms in total. The van der Waals surface area contributed by atoms with E-state index in [1.165, 1.54) is 17.3 Å². The summed E-state index contributed by atoms with van der Waals surface area (Å²) in [5.74, 6) is 1.02. The molecule has 0 N–H and O–H groups in total. The third-order valence-corrected chi connectivity index (χ3v) is 3.85. The van der Waals surface area contributed by atoms with Gasteiger partial charge in [0.2, 0.25) is 0 Å². The fourth-order valence-corrected chi connectivity index (χ4v) is 2.75. The fraction of sp³-hybridized carbons (Fsp3) is 0.462. The fourth-order valence-electron chi connectivity index (χ4n) is 2.12. The lowest BCUT2D eigenvalue weighted by Gasteiger charge is -2.21. The molecule has 0 unspecified atom stereocenters. The zero-order valence-electron chi connectivity index (χ0n) is 9.73. The molecule has 4 heteroatoms. The number of nitrogens with zero attached hydrogens (tertiary/aromatic N) is 3. The summed E-state index contributed by atoms with van der Waals surface area (Å²) in [6, 6.07) is 6.20. The van der Waals surface area contributed by atoms with Crippen molar-refractivity contribution in [3.05, 3.63) is 22.9 Å². The van der Waals surface area contributed by atoms with E-state index < -0.39 is 0 Å². The maximum atomic E-state index is 9.10. The van der Waals surface area contributed by atoms with Gasteiger partial charge in [-0.05, 0) is 36.8 Å². The largest absolute Gasteiger partial charge is 0.245 e. The Balaban J connectivity index is 2.36. The summed E-state index contributed by atoms with van der Waals surface area (Å²) < 4.78 is 0. The van der Waals surface area contributed by atoms with Crippen molar-refractivity contribution in [2.24, 2.45) is 5.92 Å². The van der Waals surface area contributed by atoms with Gasteiger partial charge in [-0.25, -0.2) is 4.98 Å². The molecule has 17 heavy (non-hydrogen) atoms. The van der Waals surface area contributed by atoms with Gasteiger partial charge < -0.3 is 0 Å². The van der Waals surface area contributed by atoms with Crippen LogP contribution in [0.25, 0.3) is 0 Å². The maximum absolute atomic E-state index is 9.10. The molecule has 0 saturated heterocycles. The van der Waals surface area contributed by atoms with E-state index in [-0.39, 0.29) is 0 Å². The molecule has 0 aromatic carbocycles. The molecule has 1 atom stereocenters. The van der Waals surface area contributed by atoms with Crippen molar-refractivity contribution in [3.63, 3.8) is 0 Å². The van der Waals surface area contributed by atoms with E-state index in [1.54, 1.807) is 0 Å². The van der Waals surface area contributed by atoms with Gasteiger partial charge in [0.15, 0.2) is 0 Å². The van der Waals surface area contributed by atoms with E-state index in [0.29, 0.717) is 22.3 Å². The Morgan fingerprint density at radius 1 is 1.53 bits per heavy atom. The van der Waals surface area contributed by atoms with Gasteiger partial charge in [-0.1, -0.05) is 18.7 Å². The number of nitriles is 2. The molecule has 0 bridgehead atoms. The van der Waals surface area contributed by atoms with Crippen LogP contribution in [0.2, 0.25) is 0 Å². The minimum absolute atomic E-state index is 0.344. The molecule has 86 valence electrons. The lowest BCUT2D eigenvalue weighted by molar-refractivity contribution is 0.491. The smallest absolute Gasteiger partial charge is 0.115 e. The van der Waals surface area contributed by atoms with Crippen molar-refractivity contribution in [2.75, 3.05) is 5.75 Å². The van der Waals surface area contributed by atoms with Crippen LogP contribution in [0.3, 0.4) is 0 Å². The van der Waals surface area contributed by atoms with Crippen molar-refractivity contribution in [1.29, 1.82) is 10.5 Å².